The van der Waals surface area contributed by atoms with Crippen LogP contribution in [0, 0.1) is 0 Å². The highest BCUT2D eigenvalue weighted by atomic mass is 16.3. The average molecular weight is 327 g/mol. The van der Waals surface area contributed by atoms with Crippen LogP contribution in [0.5, 0.6) is 0 Å². The highest BCUT2D eigenvalue weighted by Gasteiger charge is 2.17. The Balaban J connectivity index is 2.18. The third-order valence-corrected chi connectivity index (χ3v) is 4.81. The molecule has 4 nitrogen and oxygen atoms in total. The zero-order chi connectivity index (χ0) is 17.1. The summed E-state index contributed by atoms with van der Waals surface area (Å²) in [7, 11) is 1.68. The Hall–Kier alpha value is -3.40. The molecule has 0 amide bonds. The molecule has 0 fully saturated rings. The van der Waals surface area contributed by atoms with Crippen LogP contribution in [0.3, 0.4) is 0 Å². The van der Waals surface area contributed by atoms with Gasteiger partial charge in [-0.3, -0.25) is 9.59 Å². The van der Waals surface area contributed by atoms with E-state index in [4.69, 9.17) is 4.42 Å². The Morgan fingerprint density at radius 2 is 1.52 bits per heavy atom. The first-order valence-electron chi connectivity index (χ1n) is 8.03. The first-order chi connectivity index (χ1) is 12.2. The van der Waals surface area contributed by atoms with Crippen LogP contribution < -0.4 is 11.0 Å². The summed E-state index contributed by atoms with van der Waals surface area (Å²) in [5.41, 5.74) is 0.973. The molecule has 3 aromatic carbocycles. The number of aryl methyl sites for hydroxylation is 1. The van der Waals surface area contributed by atoms with Crippen molar-refractivity contribution in [2.45, 2.75) is 0 Å². The smallest absolute Gasteiger partial charge is 0.265 e. The Bertz CT molecular complexity index is 1440. The molecule has 0 saturated carbocycles. The van der Waals surface area contributed by atoms with E-state index >= 15 is 0 Å². The first-order valence-corrected chi connectivity index (χ1v) is 8.03. The van der Waals surface area contributed by atoms with Crippen LogP contribution >= 0.6 is 0 Å². The van der Waals surface area contributed by atoms with E-state index in [1.165, 1.54) is 4.57 Å². The number of benzene rings is 3. The van der Waals surface area contributed by atoms with Gasteiger partial charge >= 0.3 is 0 Å². The lowest BCUT2D eigenvalue weighted by Crippen LogP contribution is -2.23. The fourth-order valence-electron chi connectivity index (χ4n) is 3.58. The number of rotatable bonds is 0. The van der Waals surface area contributed by atoms with E-state index in [0.29, 0.717) is 16.6 Å². The molecule has 2 heterocycles. The van der Waals surface area contributed by atoms with Gasteiger partial charge in [-0.1, -0.05) is 42.5 Å². The molecule has 5 rings (SSSR count). The number of pyridine rings is 1. The summed E-state index contributed by atoms with van der Waals surface area (Å²) < 4.78 is 7.58. The molecule has 2 aromatic heterocycles. The van der Waals surface area contributed by atoms with Crippen molar-refractivity contribution in [2.75, 3.05) is 0 Å². The molecular formula is C21H13NO3. The van der Waals surface area contributed by atoms with Crippen LogP contribution in [-0.4, -0.2) is 4.57 Å². The number of nitrogens with zero attached hydrogens (tertiary/aromatic N) is 1. The predicted molar refractivity (Wildman–Crippen MR) is 100 cm³/mol. The van der Waals surface area contributed by atoms with Gasteiger partial charge in [-0.25, -0.2) is 0 Å². The molecule has 0 saturated heterocycles. The molecule has 5 aromatic rings. The Kier molecular flexibility index (Phi) is 2.69. The van der Waals surface area contributed by atoms with E-state index in [1.54, 1.807) is 13.1 Å². The molecule has 0 atom stereocenters. The molecule has 0 aliphatic carbocycles. The van der Waals surface area contributed by atoms with Gasteiger partial charge in [-0.2, -0.15) is 0 Å². The maximum atomic E-state index is 13.2. The van der Waals surface area contributed by atoms with Gasteiger partial charge < -0.3 is 8.98 Å². The molecule has 0 unspecified atom stereocenters. The van der Waals surface area contributed by atoms with Crippen LogP contribution in [0.4, 0.5) is 0 Å². The summed E-state index contributed by atoms with van der Waals surface area (Å²) in [5, 5.41) is 3.06. The third kappa shape index (κ3) is 1.76. The van der Waals surface area contributed by atoms with E-state index in [-0.39, 0.29) is 16.4 Å². The largest absolute Gasteiger partial charge is 0.455 e. The summed E-state index contributed by atoms with van der Waals surface area (Å²) >= 11 is 0. The summed E-state index contributed by atoms with van der Waals surface area (Å²) in [5.74, 6) is 0. The van der Waals surface area contributed by atoms with Crippen LogP contribution in [0.2, 0.25) is 0 Å². The summed E-state index contributed by atoms with van der Waals surface area (Å²) in [6.07, 6.45) is 0. The van der Waals surface area contributed by atoms with Gasteiger partial charge in [0, 0.05) is 12.4 Å². The Labute approximate surface area is 141 Å². The van der Waals surface area contributed by atoms with Gasteiger partial charge in [0.25, 0.3) is 5.56 Å². The van der Waals surface area contributed by atoms with E-state index in [0.717, 1.165) is 21.7 Å². The highest BCUT2D eigenvalue weighted by Crippen LogP contribution is 2.28. The zero-order valence-electron chi connectivity index (χ0n) is 13.4. The molecule has 0 aliphatic rings. The lowest BCUT2D eigenvalue weighted by molar-refractivity contribution is 0.662. The second kappa shape index (κ2) is 4.80. The van der Waals surface area contributed by atoms with Gasteiger partial charge in [-0.05, 0) is 29.0 Å². The van der Waals surface area contributed by atoms with Gasteiger partial charge in [0.2, 0.25) is 5.43 Å². The first kappa shape index (κ1) is 14.0. The summed E-state index contributed by atoms with van der Waals surface area (Å²) in [6.45, 7) is 0. The molecule has 25 heavy (non-hydrogen) atoms. The number of hydrogen-bond donors (Lipinski definition) is 0. The van der Waals surface area contributed by atoms with E-state index in [2.05, 4.69) is 0 Å². The van der Waals surface area contributed by atoms with Crippen LogP contribution in [0.25, 0.3) is 43.6 Å². The van der Waals surface area contributed by atoms with E-state index in [1.807, 2.05) is 54.6 Å². The maximum absolute atomic E-state index is 13.2. The van der Waals surface area contributed by atoms with Crippen LogP contribution in [0.15, 0.2) is 74.7 Å². The molecule has 120 valence electrons. The van der Waals surface area contributed by atoms with E-state index in [9.17, 15) is 9.59 Å². The zero-order valence-corrected chi connectivity index (χ0v) is 13.4. The van der Waals surface area contributed by atoms with E-state index < -0.39 is 0 Å². The predicted octanol–water partition coefficient (Wildman–Crippen LogP) is 3.95. The number of para-hydroxylation sites is 1. The van der Waals surface area contributed by atoms with Crippen LogP contribution in [0.1, 0.15) is 0 Å². The normalized spacial score (nSPS) is 11.7. The molecule has 0 radical (unpaired) electrons. The van der Waals surface area contributed by atoms with Crippen molar-refractivity contribution in [3.05, 3.63) is 81.2 Å². The lowest BCUT2D eigenvalue weighted by Gasteiger charge is -2.09. The number of fused-ring (bicyclic) bond motifs is 6. The molecule has 0 N–H and O–H groups in total. The van der Waals surface area contributed by atoms with Crippen molar-refractivity contribution >= 4 is 43.6 Å². The minimum Gasteiger partial charge on any atom is -0.455 e. The maximum Gasteiger partial charge on any atom is 0.265 e. The number of aromatic nitrogens is 1. The minimum absolute atomic E-state index is 0.102. The summed E-state index contributed by atoms with van der Waals surface area (Å²) in [6, 6.07) is 18.8. The van der Waals surface area contributed by atoms with Crippen LogP contribution in [-0.2, 0) is 7.05 Å². The molecular weight excluding hydrogens is 314 g/mol. The van der Waals surface area contributed by atoms with Crippen molar-refractivity contribution < 1.29 is 4.42 Å². The van der Waals surface area contributed by atoms with Gasteiger partial charge in [0.15, 0.2) is 5.58 Å². The quantitative estimate of drug-likeness (QED) is 0.320. The Morgan fingerprint density at radius 1 is 0.800 bits per heavy atom. The van der Waals surface area contributed by atoms with Crippen molar-refractivity contribution in [1.82, 2.24) is 4.57 Å². The standard InChI is InChI=1S/C21H13NO3/c1-22-15-9-5-4-8-14(15)20-18(21(22)24)19(23)17-13-7-3-2-6-12(13)10-11-16(17)25-20/h2-11H,1H3. The van der Waals surface area contributed by atoms with Gasteiger partial charge in [0.1, 0.15) is 11.0 Å². The second-order valence-corrected chi connectivity index (χ2v) is 6.18. The second-order valence-electron chi connectivity index (χ2n) is 6.18. The molecule has 0 spiro atoms. The topological polar surface area (TPSA) is 52.2 Å². The lowest BCUT2D eigenvalue weighted by atomic mass is 10.0. The monoisotopic (exact) mass is 327 g/mol. The number of hydrogen-bond acceptors (Lipinski definition) is 3. The van der Waals surface area contributed by atoms with Crippen molar-refractivity contribution in [1.29, 1.82) is 0 Å². The minimum atomic E-state index is -0.336. The SMILES string of the molecule is Cn1c(=O)c2c(=O)c3c(ccc4ccccc43)oc2c2ccccc21. The molecule has 0 bridgehead atoms. The van der Waals surface area contributed by atoms with Crippen molar-refractivity contribution in [2.24, 2.45) is 7.05 Å². The molecule has 4 heteroatoms. The highest BCUT2D eigenvalue weighted by molar-refractivity contribution is 6.11. The van der Waals surface area contributed by atoms with Gasteiger partial charge in [-0.15, -0.1) is 0 Å². The van der Waals surface area contributed by atoms with Crippen molar-refractivity contribution in [3.8, 4) is 0 Å². The summed E-state index contributed by atoms with van der Waals surface area (Å²) in [4.78, 5) is 26.1. The van der Waals surface area contributed by atoms with Gasteiger partial charge in [0.05, 0.1) is 10.9 Å². The molecule has 0 aliphatic heterocycles. The fraction of sp³-hybridized carbons (Fsp3) is 0.0476. The third-order valence-electron chi connectivity index (χ3n) is 4.81. The fourth-order valence-corrected chi connectivity index (χ4v) is 3.58. The van der Waals surface area contributed by atoms with Crippen molar-refractivity contribution in [3.63, 3.8) is 0 Å². The Morgan fingerprint density at radius 3 is 2.36 bits per heavy atom. The average Bonchev–Trinajstić information content (AvgIpc) is 2.65.